The largest absolute Gasteiger partial charge is 0.324 e. The molecule has 0 radical (unpaired) electrons. The van der Waals surface area contributed by atoms with Gasteiger partial charge in [0, 0.05) is 33.2 Å². The Kier molecular flexibility index (Phi) is 6.94. The van der Waals surface area contributed by atoms with Gasteiger partial charge in [-0.25, -0.2) is 9.73 Å². The van der Waals surface area contributed by atoms with Gasteiger partial charge in [-0.15, -0.1) is 0 Å². The van der Waals surface area contributed by atoms with Crippen LogP contribution in [0.3, 0.4) is 0 Å². The van der Waals surface area contributed by atoms with E-state index in [9.17, 15) is 0 Å². The van der Waals surface area contributed by atoms with E-state index in [4.69, 9.17) is 9.73 Å². The minimum absolute atomic E-state index is 0.930. The number of hydrogen-bond donors (Lipinski definition) is 0. The zero-order chi connectivity index (χ0) is 21.0. The minimum atomic E-state index is -2.27. The molecule has 29 heavy (non-hydrogen) atoms. The standard InChI is InChI=1S/C23H34N5P/c1-7-27(8-2)29(28(9-3)10-4,25-20-17-15-19(5)16-18-20)23-24-21-13-11-12-14-22(21)26(23)6/h11-18H,7-10H2,1-6H3. The first kappa shape index (κ1) is 21.8. The molecule has 0 aliphatic rings. The minimum Gasteiger partial charge on any atom is -0.324 e. The zero-order valence-electron chi connectivity index (χ0n) is 18.6. The lowest BCUT2D eigenvalue weighted by molar-refractivity contribution is 0.419. The molecule has 0 amide bonds. The molecule has 156 valence electrons. The van der Waals surface area contributed by atoms with E-state index < -0.39 is 7.36 Å². The van der Waals surface area contributed by atoms with Crippen molar-refractivity contribution >= 4 is 29.6 Å². The van der Waals surface area contributed by atoms with Crippen LogP contribution in [0.25, 0.3) is 11.0 Å². The zero-order valence-corrected chi connectivity index (χ0v) is 19.5. The van der Waals surface area contributed by atoms with Gasteiger partial charge in [0.15, 0.2) is 12.9 Å². The van der Waals surface area contributed by atoms with Crippen LogP contribution < -0.4 is 5.57 Å². The summed E-state index contributed by atoms with van der Waals surface area (Å²) in [7, 11) is -0.136. The van der Waals surface area contributed by atoms with E-state index in [0.29, 0.717) is 0 Å². The summed E-state index contributed by atoms with van der Waals surface area (Å²) >= 11 is 0. The molecule has 0 unspecified atom stereocenters. The highest BCUT2D eigenvalue weighted by Gasteiger charge is 2.38. The highest BCUT2D eigenvalue weighted by atomic mass is 31.2. The molecule has 1 heterocycles. The van der Waals surface area contributed by atoms with E-state index >= 15 is 0 Å². The maximum absolute atomic E-state index is 5.52. The third-order valence-electron chi connectivity index (χ3n) is 5.57. The lowest BCUT2D eigenvalue weighted by Gasteiger charge is -2.42. The van der Waals surface area contributed by atoms with Gasteiger partial charge >= 0.3 is 0 Å². The molecule has 0 saturated heterocycles. The SMILES string of the molecule is CCN(CC)P(=Nc1ccc(C)cc1)(c1nc2ccccc2n1C)N(CC)CC. The Hall–Kier alpha value is -1.94. The van der Waals surface area contributed by atoms with Crippen LogP contribution in [0.4, 0.5) is 5.69 Å². The number of imidazole rings is 1. The number of rotatable bonds is 8. The van der Waals surface area contributed by atoms with Crippen molar-refractivity contribution in [2.45, 2.75) is 34.6 Å². The molecule has 0 bridgehead atoms. The molecule has 0 aliphatic heterocycles. The number of nitrogens with zero attached hydrogens (tertiary/aromatic N) is 5. The molecule has 5 nitrogen and oxygen atoms in total. The van der Waals surface area contributed by atoms with E-state index in [1.807, 2.05) is 0 Å². The Bertz CT molecular complexity index is 982. The van der Waals surface area contributed by atoms with Crippen LogP contribution >= 0.6 is 7.36 Å². The van der Waals surface area contributed by atoms with Crippen molar-refractivity contribution in [3.05, 3.63) is 54.1 Å². The van der Waals surface area contributed by atoms with Gasteiger partial charge in [0.1, 0.15) is 0 Å². The fraction of sp³-hybridized carbons (Fsp3) is 0.435. The van der Waals surface area contributed by atoms with Crippen molar-refractivity contribution in [3.8, 4) is 0 Å². The Morgan fingerprint density at radius 3 is 1.93 bits per heavy atom. The highest BCUT2D eigenvalue weighted by molar-refractivity contribution is 7.69. The summed E-state index contributed by atoms with van der Waals surface area (Å²) in [5.74, 6) is 0. The molecule has 1 aromatic heterocycles. The number of fused-ring (bicyclic) bond motifs is 1. The first-order valence-electron chi connectivity index (χ1n) is 10.6. The fourth-order valence-corrected chi connectivity index (χ4v) is 8.00. The summed E-state index contributed by atoms with van der Waals surface area (Å²) in [5, 5.41) is 0. The summed E-state index contributed by atoms with van der Waals surface area (Å²) in [6.45, 7) is 14.8. The molecule has 6 heteroatoms. The number of para-hydroxylation sites is 2. The third kappa shape index (κ3) is 3.92. The number of hydrogen-bond acceptors (Lipinski definition) is 2. The molecule has 0 aliphatic carbocycles. The Balaban J connectivity index is 2.42. The lowest BCUT2D eigenvalue weighted by Crippen LogP contribution is -2.40. The Labute approximate surface area is 175 Å². The molecule has 0 fully saturated rings. The van der Waals surface area contributed by atoms with Gasteiger partial charge in [-0.1, -0.05) is 57.5 Å². The summed E-state index contributed by atoms with van der Waals surface area (Å²) < 4.78 is 12.8. The van der Waals surface area contributed by atoms with E-state index in [2.05, 4.69) is 104 Å². The first-order valence-corrected chi connectivity index (χ1v) is 12.3. The molecular formula is C23H34N5P. The summed E-state index contributed by atoms with van der Waals surface area (Å²) in [6, 6.07) is 17.0. The second-order valence-corrected chi connectivity index (χ2v) is 10.1. The smallest absolute Gasteiger partial charge is 0.179 e. The van der Waals surface area contributed by atoms with Crippen LogP contribution in [0.5, 0.6) is 0 Å². The molecule has 0 N–H and O–H groups in total. The number of benzene rings is 2. The van der Waals surface area contributed by atoms with Crippen LogP contribution in [0.2, 0.25) is 0 Å². The molecule has 0 spiro atoms. The maximum atomic E-state index is 5.52. The number of aromatic nitrogens is 2. The van der Waals surface area contributed by atoms with Crippen molar-refractivity contribution in [1.82, 2.24) is 18.9 Å². The normalized spacial score (nSPS) is 12.3. The van der Waals surface area contributed by atoms with Crippen molar-refractivity contribution in [1.29, 1.82) is 0 Å². The average Bonchev–Trinajstić information content (AvgIpc) is 3.08. The predicted octanol–water partition coefficient (Wildman–Crippen LogP) is 5.55. The van der Waals surface area contributed by atoms with Crippen LogP contribution in [-0.4, -0.2) is 45.1 Å². The quantitative estimate of drug-likeness (QED) is 0.456. The van der Waals surface area contributed by atoms with E-state index in [1.54, 1.807) is 0 Å². The van der Waals surface area contributed by atoms with Gasteiger partial charge in [-0.3, -0.25) is 9.34 Å². The predicted molar refractivity (Wildman–Crippen MR) is 126 cm³/mol. The monoisotopic (exact) mass is 411 g/mol. The van der Waals surface area contributed by atoms with Crippen LogP contribution in [0.15, 0.2) is 53.3 Å². The lowest BCUT2D eigenvalue weighted by atomic mass is 10.2. The highest BCUT2D eigenvalue weighted by Crippen LogP contribution is 2.57. The average molecular weight is 412 g/mol. The molecule has 0 saturated carbocycles. The molecule has 0 atom stereocenters. The van der Waals surface area contributed by atoms with E-state index in [-0.39, 0.29) is 0 Å². The Morgan fingerprint density at radius 2 is 1.41 bits per heavy atom. The van der Waals surface area contributed by atoms with Crippen molar-refractivity contribution in [2.75, 3.05) is 26.2 Å². The van der Waals surface area contributed by atoms with E-state index in [1.165, 1.54) is 5.56 Å². The second-order valence-electron chi connectivity index (χ2n) is 7.24. The second kappa shape index (κ2) is 9.25. The topological polar surface area (TPSA) is 36.7 Å². The third-order valence-corrected chi connectivity index (χ3v) is 9.73. The molecule has 3 aromatic rings. The maximum Gasteiger partial charge on any atom is 0.179 e. The Morgan fingerprint density at radius 1 is 0.862 bits per heavy atom. The summed E-state index contributed by atoms with van der Waals surface area (Å²) in [6.07, 6.45) is 0. The summed E-state index contributed by atoms with van der Waals surface area (Å²) in [5.41, 5.74) is 5.54. The van der Waals surface area contributed by atoms with Crippen LogP contribution in [0, 0.1) is 6.92 Å². The van der Waals surface area contributed by atoms with Crippen molar-refractivity contribution in [2.24, 2.45) is 11.8 Å². The molecule has 2 aromatic carbocycles. The van der Waals surface area contributed by atoms with Gasteiger partial charge in [-0.2, -0.15) is 0 Å². The van der Waals surface area contributed by atoms with Crippen LogP contribution in [0.1, 0.15) is 33.3 Å². The van der Waals surface area contributed by atoms with Crippen molar-refractivity contribution < 1.29 is 0 Å². The van der Waals surface area contributed by atoms with Crippen molar-refractivity contribution in [3.63, 3.8) is 0 Å². The first-order chi connectivity index (χ1) is 14.0. The molecule has 3 rings (SSSR count). The van der Waals surface area contributed by atoms with E-state index in [0.717, 1.165) is 48.5 Å². The van der Waals surface area contributed by atoms with Gasteiger partial charge < -0.3 is 4.57 Å². The van der Waals surface area contributed by atoms with Gasteiger partial charge in [0.05, 0.1) is 16.7 Å². The van der Waals surface area contributed by atoms with Gasteiger partial charge in [0.2, 0.25) is 0 Å². The summed E-state index contributed by atoms with van der Waals surface area (Å²) in [4.78, 5) is 5.17. The van der Waals surface area contributed by atoms with Gasteiger partial charge in [-0.05, 0) is 31.2 Å². The molecular weight excluding hydrogens is 377 g/mol. The fourth-order valence-electron chi connectivity index (χ4n) is 4.01. The van der Waals surface area contributed by atoms with Crippen LogP contribution in [-0.2, 0) is 7.05 Å². The van der Waals surface area contributed by atoms with Gasteiger partial charge in [0.25, 0.3) is 0 Å². The number of aryl methyl sites for hydroxylation is 2.